The summed E-state index contributed by atoms with van der Waals surface area (Å²) in [5.74, 6) is -0.171. The van der Waals surface area contributed by atoms with Gasteiger partial charge in [0, 0.05) is 31.0 Å². The second-order valence-electron chi connectivity index (χ2n) is 7.01. The number of rotatable bonds is 6. The van der Waals surface area contributed by atoms with Crippen LogP contribution in [0.5, 0.6) is 0 Å². The van der Waals surface area contributed by atoms with E-state index in [0.717, 1.165) is 42.9 Å². The van der Waals surface area contributed by atoms with Crippen molar-refractivity contribution in [2.45, 2.75) is 38.3 Å². The van der Waals surface area contributed by atoms with E-state index in [1.807, 2.05) is 9.47 Å². The van der Waals surface area contributed by atoms with Crippen molar-refractivity contribution in [2.24, 2.45) is 0 Å². The number of ether oxygens (including phenoxy) is 2. The Balaban J connectivity index is 1.30. The second-order valence-corrected chi connectivity index (χ2v) is 7.01. The first-order chi connectivity index (χ1) is 13.2. The van der Waals surface area contributed by atoms with E-state index in [1.54, 1.807) is 18.5 Å². The van der Waals surface area contributed by atoms with Crippen LogP contribution in [0.3, 0.4) is 0 Å². The van der Waals surface area contributed by atoms with Crippen molar-refractivity contribution < 1.29 is 18.7 Å². The molecule has 1 fully saturated rings. The van der Waals surface area contributed by atoms with Gasteiger partial charge in [0.25, 0.3) is 0 Å². The Bertz CT molecular complexity index is 784. The molecule has 4 rings (SSSR count). The molecule has 1 amide bonds. The lowest BCUT2D eigenvalue weighted by molar-refractivity contribution is -0.133. The van der Waals surface area contributed by atoms with E-state index < -0.39 is 0 Å². The molecule has 0 bridgehead atoms. The number of benzene rings is 1. The number of imidazole rings is 1. The van der Waals surface area contributed by atoms with Gasteiger partial charge < -0.3 is 18.9 Å². The highest BCUT2D eigenvalue weighted by molar-refractivity contribution is 5.76. The van der Waals surface area contributed by atoms with Crippen LogP contribution in [0.1, 0.15) is 30.7 Å². The predicted octanol–water partition coefficient (Wildman–Crippen LogP) is 2.48. The standard InChI is InChI=1S/C20H24FN3O3/c21-15-3-5-16(6-4-15)24-14-22-18-12-23(9-7-19(18)24)20(25)8-11-26-13-17-2-1-10-27-17/h3-6,14,17H,1-2,7-13H2/t17-/m0/s1. The molecule has 0 spiro atoms. The van der Waals surface area contributed by atoms with Gasteiger partial charge in [0.15, 0.2) is 0 Å². The zero-order chi connectivity index (χ0) is 18.6. The lowest BCUT2D eigenvalue weighted by Crippen LogP contribution is -2.37. The van der Waals surface area contributed by atoms with Gasteiger partial charge in [0.05, 0.1) is 44.3 Å². The normalized spacial score (nSPS) is 19.3. The molecule has 0 unspecified atom stereocenters. The molecule has 0 radical (unpaired) electrons. The summed E-state index contributed by atoms with van der Waals surface area (Å²) in [5, 5.41) is 0. The molecule has 0 N–H and O–H groups in total. The maximum atomic E-state index is 13.1. The summed E-state index contributed by atoms with van der Waals surface area (Å²) in [6.45, 7) is 2.97. The first-order valence-corrected chi connectivity index (χ1v) is 9.49. The third kappa shape index (κ3) is 4.20. The van der Waals surface area contributed by atoms with Crippen molar-refractivity contribution in [3.05, 3.63) is 47.8 Å². The zero-order valence-electron chi connectivity index (χ0n) is 15.3. The molecular weight excluding hydrogens is 349 g/mol. The summed E-state index contributed by atoms with van der Waals surface area (Å²) < 4.78 is 26.2. The van der Waals surface area contributed by atoms with Crippen LogP contribution in [0.4, 0.5) is 4.39 Å². The zero-order valence-corrected chi connectivity index (χ0v) is 15.3. The van der Waals surface area contributed by atoms with Gasteiger partial charge in [-0.15, -0.1) is 0 Å². The molecule has 2 aromatic rings. The molecule has 6 nitrogen and oxygen atoms in total. The Kier molecular flexibility index (Phi) is 5.50. The van der Waals surface area contributed by atoms with Crippen LogP contribution in [0, 0.1) is 5.82 Å². The SMILES string of the molecule is O=C(CCOC[C@@H]1CCCO1)N1CCc2c(ncn2-c2ccc(F)cc2)C1. The fourth-order valence-electron chi connectivity index (χ4n) is 3.65. The molecule has 1 aromatic heterocycles. The first kappa shape index (κ1) is 18.1. The molecule has 0 aliphatic carbocycles. The Morgan fingerprint density at radius 1 is 1.33 bits per heavy atom. The second kappa shape index (κ2) is 8.19. The number of fused-ring (bicyclic) bond motifs is 1. The fraction of sp³-hybridized carbons (Fsp3) is 0.500. The summed E-state index contributed by atoms with van der Waals surface area (Å²) in [6, 6.07) is 6.36. The third-order valence-corrected chi connectivity index (χ3v) is 5.16. The van der Waals surface area contributed by atoms with E-state index in [1.165, 1.54) is 12.1 Å². The lowest BCUT2D eigenvalue weighted by Gasteiger charge is -2.27. The van der Waals surface area contributed by atoms with Gasteiger partial charge in [-0.05, 0) is 37.1 Å². The van der Waals surface area contributed by atoms with Crippen LogP contribution < -0.4 is 0 Å². The molecule has 27 heavy (non-hydrogen) atoms. The van der Waals surface area contributed by atoms with E-state index in [2.05, 4.69) is 4.98 Å². The average Bonchev–Trinajstić information content (AvgIpc) is 3.35. The number of carbonyl (C=O) groups is 1. The number of aromatic nitrogens is 2. The highest BCUT2D eigenvalue weighted by Gasteiger charge is 2.24. The molecular formula is C20H24FN3O3. The quantitative estimate of drug-likeness (QED) is 0.730. The smallest absolute Gasteiger partial charge is 0.225 e. The topological polar surface area (TPSA) is 56.6 Å². The van der Waals surface area contributed by atoms with Gasteiger partial charge in [-0.25, -0.2) is 9.37 Å². The molecule has 1 saturated heterocycles. The Hall–Kier alpha value is -2.25. The molecule has 7 heteroatoms. The number of hydrogen-bond acceptors (Lipinski definition) is 4. The number of amides is 1. The van der Waals surface area contributed by atoms with Crippen molar-refractivity contribution in [1.29, 1.82) is 0 Å². The summed E-state index contributed by atoms with van der Waals surface area (Å²) in [6.07, 6.45) is 5.17. The van der Waals surface area contributed by atoms with Crippen molar-refractivity contribution in [2.75, 3.05) is 26.4 Å². The number of nitrogens with zero attached hydrogens (tertiary/aromatic N) is 3. The average molecular weight is 373 g/mol. The maximum absolute atomic E-state index is 13.1. The van der Waals surface area contributed by atoms with Crippen molar-refractivity contribution in [3.63, 3.8) is 0 Å². The van der Waals surface area contributed by atoms with Gasteiger partial charge in [-0.2, -0.15) is 0 Å². The Morgan fingerprint density at radius 2 is 2.19 bits per heavy atom. The summed E-state index contributed by atoms with van der Waals surface area (Å²) >= 11 is 0. The summed E-state index contributed by atoms with van der Waals surface area (Å²) in [4.78, 5) is 18.8. The predicted molar refractivity (Wildman–Crippen MR) is 97.1 cm³/mol. The van der Waals surface area contributed by atoms with Crippen LogP contribution in [0.2, 0.25) is 0 Å². The highest BCUT2D eigenvalue weighted by atomic mass is 19.1. The summed E-state index contributed by atoms with van der Waals surface area (Å²) in [5.41, 5.74) is 2.87. The van der Waals surface area contributed by atoms with E-state index in [9.17, 15) is 9.18 Å². The van der Waals surface area contributed by atoms with E-state index in [0.29, 0.717) is 32.7 Å². The van der Waals surface area contributed by atoms with Gasteiger partial charge in [0.2, 0.25) is 5.91 Å². The van der Waals surface area contributed by atoms with Crippen LogP contribution >= 0.6 is 0 Å². The van der Waals surface area contributed by atoms with Gasteiger partial charge in [-0.1, -0.05) is 0 Å². The minimum atomic E-state index is -0.258. The van der Waals surface area contributed by atoms with Crippen LogP contribution in [-0.4, -0.2) is 52.8 Å². The number of carbonyl (C=O) groups excluding carboxylic acids is 1. The summed E-state index contributed by atoms with van der Waals surface area (Å²) in [7, 11) is 0. The van der Waals surface area contributed by atoms with Crippen LogP contribution in [0.25, 0.3) is 5.69 Å². The van der Waals surface area contributed by atoms with Gasteiger partial charge >= 0.3 is 0 Å². The number of halogens is 1. The number of hydrogen-bond donors (Lipinski definition) is 0. The monoisotopic (exact) mass is 373 g/mol. The van der Waals surface area contributed by atoms with Crippen molar-refractivity contribution in [1.82, 2.24) is 14.5 Å². The molecule has 144 valence electrons. The van der Waals surface area contributed by atoms with Crippen molar-refractivity contribution >= 4 is 5.91 Å². The maximum Gasteiger partial charge on any atom is 0.225 e. The Labute approximate surface area is 157 Å². The van der Waals surface area contributed by atoms with Gasteiger partial charge in [0.1, 0.15) is 5.82 Å². The molecule has 1 atom stereocenters. The third-order valence-electron chi connectivity index (χ3n) is 5.16. The van der Waals surface area contributed by atoms with Crippen LogP contribution in [0.15, 0.2) is 30.6 Å². The lowest BCUT2D eigenvalue weighted by atomic mass is 10.1. The molecule has 2 aliphatic heterocycles. The molecule has 1 aromatic carbocycles. The first-order valence-electron chi connectivity index (χ1n) is 9.49. The fourth-order valence-corrected chi connectivity index (χ4v) is 3.65. The Morgan fingerprint density at radius 3 is 2.96 bits per heavy atom. The van der Waals surface area contributed by atoms with E-state index >= 15 is 0 Å². The van der Waals surface area contributed by atoms with E-state index in [4.69, 9.17) is 9.47 Å². The molecule has 0 saturated carbocycles. The molecule has 3 heterocycles. The minimum Gasteiger partial charge on any atom is -0.378 e. The minimum absolute atomic E-state index is 0.0873. The highest BCUT2D eigenvalue weighted by Crippen LogP contribution is 2.22. The molecule has 2 aliphatic rings. The van der Waals surface area contributed by atoms with Crippen LogP contribution in [-0.2, 0) is 27.2 Å². The van der Waals surface area contributed by atoms with Crippen molar-refractivity contribution in [3.8, 4) is 5.69 Å². The van der Waals surface area contributed by atoms with Gasteiger partial charge in [-0.3, -0.25) is 4.79 Å². The largest absolute Gasteiger partial charge is 0.378 e. The van der Waals surface area contributed by atoms with E-state index in [-0.39, 0.29) is 17.8 Å².